The molecule has 1 amide bonds. The largest absolute Gasteiger partial charge is 0.303 e. The molecule has 7 heteroatoms. The fourth-order valence-corrected chi connectivity index (χ4v) is 4.06. The first-order valence-corrected chi connectivity index (χ1v) is 9.57. The molecular formula is C22H20FN5O. The lowest BCUT2D eigenvalue weighted by Crippen LogP contribution is -2.29. The van der Waals surface area contributed by atoms with Crippen LogP contribution in [0.25, 0.3) is 16.6 Å². The fourth-order valence-electron chi connectivity index (χ4n) is 4.06. The van der Waals surface area contributed by atoms with E-state index in [1.165, 1.54) is 12.1 Å². The third kappa shape index (κ3) is 2.90. The Hall–Kier alpha value is -3.48. The molecule has 1 aliphatic heterocycles. The number of aromatic nitrogens is 4. The van der Waals surface area contributed by atoms with Crippen LogP contribution in [0.3, 0.4) is 0 Å². The van der Waals surface area contributed by atoms with E-state index < -0.39 is 0 Å². The Morgan fingerprint density at radius 1 is 1.07 bits per heavy atom. The highest BCUT2D eigenvalue weighted by Crippen LogP contribution is 2.40. The van der Waals surface area contributed by atoms with Crippen molar-refractivity contribution >= 4 is 22.5 Å². The van der Waals surface area contributed by atoms with Crippen molar-refractivity contribution in [1.29, 1.82) is 0 Å². The SMILES string of the molecule is C[C@H]1C[C@@H](c2ccn(C)n2)N(c2ccc3c(cnn3-c3ccc(F)cc3)c2)C1=O. The molecule has 3 heterocycles. The summed E-state index contributed by atoms with van der Waals surface area (Å²) in [7, 11) is 1.88. The number of carbonyl (C=O) groups is 1. The zero-order chi connectivity index (χ0) is 20.1. The molecule has 0 spiro atoms. The molecule has 0 radical (unpaired) electrons. The first-order valence-electron chi connectivity index (χ1n) is 9.57. The third-order valence-electron chi connectivity index (χ3n) is 5.52. The summed E-state index contributed by atoms with van der Waals surface area (Å²) in [6.07, 6.45) is 4.40. The highest BCUT2D eigenvalue weighted by molar-refractivity contribution is 5.99. The van der Waals surface area contributed by atoms with Gasteiger partial charge in [-0.05, 0) is 55.0 Å². The molecule has 0 unspecified atom stereocenters. The zero-order valence-electron chi connectivity index (χ0n) is 16.2. The highest BCUT2D eigenvalue weighted by atomic mass is 19.1. The first-order chi connectivity index (χ1) is 14.0. The van der Waals surface area contributed by atoms with Gasteiger partial charge in [-0.3, -0.25) is 9.48 Å². The number of anilines is 1. The molecular weight excluding hydrogens is 369 g/mol. The maximum absolute atomic E-state index is 13.2. The second kappa shape index (κ2) is 6.55. The van der Waals surface area contributed by atoms with Crippen molar-refractivity contribution in [2.75, 3.05) is 4.90 Å². The molecule has 0 N–H and O–H groups in total. The van der Waals surface area contributed by atoms with E-state index in [4.69, 9.17) is 0 Å². The molecule has 4 aromatic rings. The summed E-state index contributed by atoms with van der Waals surface area (Å²) in [6, 6.07) is 14.0. The Balaban J connectivity index is 1.56. The number of rotatable bonds is 3. The van der Waals surface area contributed by atoms with Crippen molar-refractivity contribution in [3.05, 3.63) is 72.4 Å². The fraction of sp³-hybridized carbons (Fsp3) is 0.227. The molecule has 0 aliphatic carbocycles. The molecule has 1 saturated heterocycles. The minimum absolute atomic E-state index is 0.0559. The number of hydrogen-bond donors (Lipinski definition) is 0. The third-order valence-corrected chi connectivity index (χ3v) is 5.52. The number of halogens is 1. The van der Waals surface area contributed by atoms with Crippen molar-refractivity contribution in [2.24, 2.45) is 13.0 Å². The van der Waals surface area contributed by atoms with Crippen LogP contribution in [0, 0.1) is 11.7 Å². The van der Waals surface area contributed by atoms with Gasteiger partial charge in [-0.2, -0.15) is 10.2 Å². The molecule has 2 atom stereocenters. The molecule has 2 aromatic heterocycles. The average molecular weight is 389 g/mol. The molecule has 5 rings (SSSR count). The van der Waals surface area contributed by atoms with Crippen LogP contribution in [-0.2, 0) is 11.8 Å². The Bertz CT molecular complexity index is 1210. The van der Waals surface area contributed by atoms with Crippen LogP contribution in [0.5, 0.6) is 0 Å². The van der Waals surface area contributed by atoms with Crippen molar-refractivity contribution < 1.29 is 9.18 Å². The van der Waals surface area contributed by atoms with Gasteiger partial charge in [-0.1, -0.05) is 6.92 Å². The number of amides is 1. The predicted molar refractivity (Wildman–Crippen MR) is 108 cm³/mol. The van der Waals surface area contributed by atoms with Crippen LogP contribution in [-0.4, -0.2) is 25.5 Å². The van der Waals surface area contributed by atoms with E-state index in [0.717, 1.165) is 34.4 Å². The lowest BCUT2D eigenvalue weighted by Gasteiger charge is -2.23. The number of carbonyl (C=O) groups excluding carboxylic acids is 1. The molecule has 1 aliphatic rings. The number of benzene rings is 2. The van der Waals surface area contributed by atoms with E-state index in [2.05, 4.69) is 10.2 Å². The molecule has 2 aromatic carbocycles. The van der Waals surface area contributed by atoms with Gasteiger partial charge in [0.25, 0.3) is 0 Å². The molecule has 146 valence electrons. The van der Waals surface area contributed by atoms with Crippen molar-refractivity contribution in [3.63, 3.8) is 0 Å². The van der Waals surface area contributed by atoms with E-state index in [9.17, 15) is 9.18 Å². The normalized spacial score (nSPS) is 19.4. The van der Waals surface area contributed by atoms with Gasteiger partial charge in [-0.25, -0.2) is 9.07 Å². The molecule has 6 nitrogen and oxygen atoms in total. The van der Waals surface area contributed by atoms with Crippen LogP contribution in [0.1, 0.15) is 25.1 Å². The van der Waals surface area contributed by atoms with Gasteiger partial charge in [-0.15, -0.1) is 0 Å². The van der Waals surface area contributed by atoms with Crippen molar-refractivity contribution in [1.82, 2.24) is 19.6 Å². The quantitative estimate of drug-likeness (QED) is 0.532. The van der Waals surface area contributed by atoms with Gasteiger partial charge in [0.2, 0.25) is 5.91 Å². The lowest BCUT2D eigenvalue weighted by atomic mass is 10.1. The van der Waals surface area contributed by atoms with E-state index in [1.54, 1.807) is 27.7 Å². The topological polar surface area (TPSA) is 56.0 Å². The van der Waals surface area contributed by atoms with Gasteiger partial charge >= 0.3 is 0 Å². The second-order valence-electron chi connectivity index (χ2n) is 7.55. The monoisotopic (exact) mass is 389 g/mol. The van der Waals surface area contributed by atoms with Gasteiger partial charge in [0.15, 0.2) is 0 Å². The van der Waals surface area contributed by atoms with E-state index >= 15 is 0 Å². The first kappa shape index (κ1) is 17.6. The minimum Gasteiger partial charge on any atom is -0.303 e. The zero-order valence-corrected chi connectivity index (χ0v) is 16.2. The van der Waals surface area contributed by atoms with E-state index in [-0.39, 0.29) is 23.7 Å². The summed E-state index contributed by atoms with van der Waals surface area (Å²) < 4.78 is 16.8. The summed E-state index contributed by atoms with van der Waals surface area (Å²) in [5, 5.41) is 9.89. The maximum atomic E-state index is 13.2. The Kier molecular flexibility index (Phi) is 3.97. The second-order valence-corrected chi connectivity index (χ2v) is 7.55. The lowest BCUT2D eigenvalue weighted by molar-refractivity contribution is -0.120. The molecule has 29 heavy (non-hydrogen) atoms. The maximum Gasteiger partial charge on any atom is 0.230 e. The molecule has 1 fully saturated rings. The van der Waals surface area contributed by atoms with Gasteiger partial charge in [0.1, 0.15) is 5.82 Å². The average Bonchev–Trinajstić information content (AvgIpc) is 3.40. The standard InChI is InChI=1S/C22H20FN5O/c1-14-11-21(19-9-10-26(2)25-19)27(22(14)29)18-7-8-20-15(12-18)13-24-28(20)17-5-3-16(23)4-6-17/h3-10,12-14,21H,11H2,1-2H3/t14-,21-/m0/s1. The van der Waals surface area contributed by atoms with Gasteiger partial charge in [0, 0.05) is 30.2 Å². The van der Waals surface area contributed by atoms with Crippen molar-refractivity contribution in [3.8, 4) is 5.69 Å². The number of fused-ring (bicyclic) bond motifs is 1. The van der Waals surface area contributed by atoms with Crippen molar-refractivity contribution in [2.45, 2.75) is 19.4 Å². The van der Waals surface area contributed by atoms with Gasteiger partial charge in [0.05, 0.1) is 29.1 Å². The van der Waals surface area contributed by atoms with Gasteiger partial charge < -0.3 is 4.90 Å². The Morgan fingerprint density at radius 2 is 1.83 bits per heavy atom. The Morgan fingerprint density at radius 3 is 2.55 bits per heavy atom. The van der Waals surface area contributed by atoms with Crippen LogP contribution >= 0.6 is 0 Å². The smallest absolute Gasteiger partial charge is 0.230 e. The van der Waals surface area contributed by atoms with Crippen LogP contribution in [0.2, 0.25) is 0 Å². The summed E-state index contributed by atoms with van der Waals surface area (Å²) in [4.78, 5) is 14.8. The summed E-state index contributed by atoms with van der Waals surface area (Å²) in [6.45, 7) is 1.96. The predicted octanol–water partition coefficient (Wildman–Crippen LogP) is 4.01. The minimum atomic E-state index is -0.283. The molecule has 0 saturated carbocycles. The summed E-state index contributed by atoms with van der Waals surface area (Å²) in [5.41, 5.74) is 3.41. The summed E-state index contributed by atoms with van der Waals surface area (Å²) >= 11 is 0. The van der Waals surface area contributed by atoms with Crippen LogP contribution in [0.15, 0.2) is 60.9 Å². The highest BCUT2D eigenvalue weighted by Gasteiger charge is 2.39. The number of aryl methyl sites for hydroxylation is 1. The Labute approximate surface area is 167 Å². The van der Waals surface area contributed by atoms with E-state index in [1.807, 2.05) is 49.3 Å². The van der Waals surface area contributed by atoms with Crippen LogP contribution < -0.4 is 4.90 Å². The number of hydrogen-bond acceptors (Lipinski definition) is 3. The van der Waals surface area contributed by atoms with E-state index in [0.29, 0.717) is 0 Å². The number of nitrogens with zero attached hydrogens (tertiary/aromatic N) is 5. The van der Waals surface area contributed by atoms with Crippen LogP contribution in [0.4, 0.5) is 10.1 Å². The molecule has 0 bridgehead atoms. The summed E-state index contributed by atoms with van der Waals surface area (Å²) in [5.74, 6) is -0.236.